The molecule has 0 aromatic carbocycles. The van der Waals surface area contributed by atoms with Gasteiger partial charge in [-0.15, -0.1) is 0 Å². The Morgan fingerprint density at radius 2 is 1.62 bits per heavy atom. The van der Waals surface area contributed by atoms with Gasteiger partial charge in [0.05, 0.1) is 29.3 Å². The van der Waals surface area contributed by atoms with Crippen molar-refractivity contribution in [3.05, 3.63) is 40.7 Å². The number of aliphatic hydroxyl groups is 4. The van der Waals surface area contributed by atoms with Gasteiger partial charge >= 0.3 is 0 Å². The molecule has 0 amide bonds. The highest BCUT2D eigenvalue weighted by Crippen LogP contribution is 2.43. The molecule has 3 aliphatic heterocycles. The Bertz CT molecular complexity index is 937. The lowest BCUT2D eigenvalue weighted by molar-refractivity contribution is -0.121. The molecular formula is C22H34N8O4. The molecule has 4 bridgehead atoms. The number of hydrogen-bond donors (Lipinski definition) is 6. The van der Waals surface area contributed by atoms with Gasteiger partial charge in [0.15, 0.2) is 0 Å². The van der Waals surface area contributed by atoms with Crippen LogP contribution >= 0.6 is 0 Å². The molecule has 6 N–H and O–H groups in total. The third-order valence-electron chi connectivity index (χ3n) is 6.37. The number of aliphatic hydroxyl groups excluding tert-OH is 4. The number of fused-ring (bicyclic) bond motifs is 3. The molecule has 12 heteroatoms. The summed E-state index contributed by atoms with van der Waals surface area (Å²) in [5, 5.41) is 45.9. The minimum atomic E-state index is -0.905. The molecule has 5 unspecified atom stereocenters. The van der Waals surface area contributed by atoms with Crippen LogP contribution < -0.4 is 15.5 Å². The molecule has 2 aromatic heterocycles. The van der Waals surface area contributed by atoms with Crippen molar-refractivity contribution in [3.63, 3.8) is 0 Å². The predicted molar refractivity (Wildman–Crippen MR) is 123 cm³/mol. The second kappa shape index (κ2) is 10.1. The normalized spacial score (nSPS) is 22.0. The summed E-state index contributed by atoms with van der Waals surface area (Å²) in [5.41, 5.74) is 5.12. The Morgan fingerprint density at radius 1 is 0.971 bits per heavy atom. The maximum absolute atomic E-state index is 9.87. The third-order valence-corrected chi connectivity index (χ3v) is 6.37. The van der Waals surface area contributed by atoms with E-state index in [0.717, 1.165) is 42.2 Å². The fraction of sp³-hybridized carbons (Fsp3) is 0.636. The van der Waals surface area contributed by atoms with Gasteiger partial charge in [-0.25, -0.2) is 24.8 Å². The molecule has 0 saturated carbocycles. The van der Waals surface area contributed by atoms with Crippen molar-refractivity contribution in [1.82, 2.24) is 35.5 Å². The summed E-state index contributed by atoms with van der Waals surface area (Å²) in [7, 11) is 0. The van der Waals surface area contributed by atoms with Crippen molar-refractivity contribution in [2.75, 3.05) is 11.4 Å². The van der Waals surface area contributed by atoms with E-state index in [2.05, 4.69) is 30.6 Å². The molecule has 186 valence electrons. The van der Waals surface area contributed by atoms with E-state index in [1.165, 1.54) is 10.5 Å². The number of nitrogens with zero attached hydrogens (tertiary/aromatic N) is 6. The SMILES string of the molecule is CC(O)N(c1nc2c3c(n1)C2NC(N(C(C)O)C(C)O)C3)C(C)O.c1ncc2c(n1)CNCC2. The molecule has 5 atom stereocenters. The zero-order valence-electron chi connectivity index (χ0n) is 19.9. The molecule has 1 aliphatic carbocycles. The quantitative estimate of drug-likeness (QED) is 0.282. The van der Waals surface area contributed by atoms with Crippen molar-refractivity contribution in [1.29, 1.82) is 0 Å². The number of aromatic nitrogens is 4. The van der Waals surface area contributed by atoms with Crippen LogP contribution in [-0.2, 0) is 19.4 Å². The number of nitrogens with one attached hydrogen (secondary N) is 2. The van der Waals surface area contributed by atoms with Crippen LogP contribution in [0.4, 0.5) is 5.95 Å². The van der Waals surface area contributed by atoms with Crippen molar-refractivity contribution in [2.45, 2.75) is 84.2 Å². The zero-order chi connectivity index (χ0) is 24.6. The molecule has 0 fully saturated rings. The predicted octanol–water partition coefficient (Wildman–Crippen LogP) is -1.06. The molecule has 34 heavy (non-hydrogen) atoms. The minimum Gasteiger partial charge on any atom is -0.379 e. The Morgan fingerprint density at radius 3 is 2.12 bits per heavy atom. The summed E-state index contributed by atoms with van der Waals surface area (Å²) in [6.45, 7) is 8.28. The van der Waals surface area contributed by atoms with E-state index in [9.17, 15) is 20.4 Å². The fourth-order valence-corrected chi connectivity index (χ4v) is 4.82. The van der Waals surface area contributed by atoms with Gasteiger partial charge in [-0.05, 0) is 46.2 Å². The molecule has 0 spiro atoms. The lowest BCUT2D eigenvalue weighted by Gasteiger charge is -2.47. The van der Waals surface area contributed by atoms with E-state index in [1.54, 1.807) is 38.9 Å². The van der Waals surface area contributed by atoms with Gasteiger partial charge in [-0.1, -0.05) is 0 Å². The van der Waals surface area contributed by atoms with Gasteiger partial charge in [-0.2, -0.15) is 0 Å². The van der Waals surface area contributed by atoms with Crippen LogP contribution in [0.25, 0.3) is 0 Å². The first-order valence-electron chi connectivity index (χ1n) is 11.6. The van der Waals surface area contributed by atoms with Crippen molar-refractivity contribution in [2.24, 2.45) is 0 Å². The molecule has 5 heterocycles. The monoisotopic (exact) mass is 474 g/mol. The molecule has 6 rings (SSSR count). The topological polar surface area (TPSA) is 163 Å². The van der Waals surface area contributed by atoms with Crippen LogP contribution in [0.3, 0.4) is 0 Å². The maximum atomic E-state index is 9.87. The Balaban J connectivity index is 0.000000226. The highest BCUT2D eigenvalue weighted by Gasteiger charge is 2.46. The van der Waals surface area contributed by atoms with Gasteiger partial charge in [-0.3, -0.25) is 10.2 Å². The van der Waals surface area contributed by atoms with Gasteiger partial charge in [0, 0.05) is 24.7 Å². The van der Waals surface area contributed by atoms with Crippen molar-refractivity contribution >= 4 is 5.95 Å². The summed E-state index contributed by atoms with van der Waals surface area (Å²) in [5.74, 6) is 0.299. The molecular weight excluding hydrogens is 440 g/mol. The number of rotatable bonds is 6. The first-order valence-corrected chi connectivity index (χ1v) is 11.6. The van der Waals surface area contributed by atoms with Gasteiger partial charge < -0.3 is 25.7 Å². The first kappa shape index (κ1) is 24.8. The van der Waals surface area contributed by atoms with Crippen LogP contribution in [0.2, 0.25) is 0 Å². The van der Waals surface area contributed by atoms with Crippen molar-refractivity contribution < 1.29 is 20.4 Å². The molecule has 0 radical (unpaired) electrons. The Labute approximate surface area is 198 Å². The van der Waals surface area contributed by atoms with Gasteiger partial charge in [0.2, 0.25) is 5.95 Å². The highest BCUT2D eigenvalue weighted by molar-refractivity contribution is 5.53. The summed E-state index contributed by atoms with van der Waals surface area (Å²) < 4.78 is 0. The highest BCUT2D eigenvalue weighted by atomic mass is 16.3. The van der Waals surface area contributed by atoms with Crippen LogP contribution in [0.1, 0.15) is 61.9 Å². The first-order chi connectivity index (χ1) is 16.2. The lowest BCUT2D eigenvalue weighted by atomic mass is 9.81. The van der Waals surface area contributed by atoms with Gasteiger partial charge in [0.25, 0.3) is 0 Å². The molecule has 0 saturated heterocycles. The second-order valence-corrected chi connectivity index (χ2v) is 8.90. The van der Waals surface area contributed by atoms with E-state index in [4.69, 9.17) is 0 Å². The van der Waals surface area contributed by atoms with Crippen LogP contribution in [-0.4, -0.2) is 82.9 Å². The van der Waals surface area contributed by atoms with Gasteiger partial charge in [0.1, 0.15) is 31.2 Å². The summed E-state index contributed by atoms with van der Waals surface area (Å²) in [6.07, 6.45) is 1.57. The Hall–Kier alpha value is -2.32. The van der Waals surface area contributed by atoms with Crippen LogP contribution in [0.15, 0.2) is 12.5 Å². The van der Waals surface area contributed by atoms with E-state index in [1.807, 2.05) is 6.20 Å². The average molecular weight is 475 g/mol. The molecule has 2 aromatic rings. The van der Waals surface area contributed by atoms with Crippen LogP contribution in [0.5, 0.6) is 0 Å². The standard InChI is InChI=1S/C15H25N5O4.C7H9N3/c1-6(21)19(7(2)22)11-5-10-12-14(16-11)13(10)18-15(17-12)20(8(3)23)9(4)24;1-2-8-4-7-6(1)3-9-5-10-7/h6-9,11,14,16,21-24H,5H2,1-4H3;3,5,8H,1-2,4H2. The zero-order valence-corrected chi connectivity index (χ0v) is 19.9. The van der Waals surface area contributed by atoms with E-state index in [0.29, 0.717) is 12.4 Å². The summed E-state index contributed by atoms with van der Waals surface area (Å²) >= 11 is 0. The third kappa shape index (κ3) is 4.75. The molecule has 4 aliphatic rings. The van der Waals surface area contributed by atoms with Crippen LogP contribution in [0, 0.1) is 0 Å². The molecule has 12 nitrogen and oxygen atoms in total. The van der Waals surface area contributed by atoms with E-state index >= 15 is 0 Å². The summed E-state index contributed by atoms with van der Waals surface area (Å²) in [4.78, 5) is 20.0. The van der Waals surface area contributed by atoms with Crippen molar-refractivity contribution in [3.8, 4) is 0 Å². The smallest absolute Gasteiger partial charge is 0.230 e. The fourth-order valence-electron chi connectivity index (χ4n) is 4.82. The average Bonchev–Trinajstić information content (AvgIpc) is 2.79. The minimum absolute atomic E-state index is 0.146. The second-order valence-electron chi connectivity index (χ2n) is 8.90. The maximum Gasteiger partial charge on any atom is 0.230 e. The van der Waals surface area contributed by atoms with E-state index in [-0.39, 0.29) is 12.2 Å². The van der Waals surface area contributed by atoms with E-state index < -0.39 is 24.9 Å². The lowest BCUT2D eigenvalue weighted by Crippen LogP contribution is -2.60. The number of anilines is 1. The largest absolute Gasteiger partial charge is 0.379 e. The summed E-state index contributed by atoms with van der Waals surface area (Å²) in [6, 6.07) is -0.146. The Kier molecular flexibility index (Phi) is 7.38. The number of hydrogen-bond acceptors (Lipinski definition) is 12.